The molecule has 0 spiro atoms. The summed E-state index contributed by atoms with van der Waals surface area (Å²) in [6, 6.07) is 12.3. The van der Waals surface area contributed by atoms with Crippen LogP contribution in [-0.2, 0) is 11.2 Å². The number of hydrogen-bond donors (Lipinski definition) is 2. The summed E-state index contributed by atoms with van der Waals surface area (Å²) in [6.07, 6.45) is 0.245. The van der Waals surface area contributed by atoms with E-state index in [2.05, 4.69) is 22.2 Å². The number of rotatable bonds is 4. The van der Waals surface area contributed by atoms with Gasteiger partial charge in [-0.25, -0.2) is 0 Å². The second-order valence-corrected chi connectivity index (χ2v) is 6.78. The van der Waals surface area contributed by atoms with Gasteiger partial charge in [-0.2, -0.15) is 0 Å². The molecule has 5 nitrogen and oxygen atoms in total. The van der Waals surface area contributed by atoms with E-state index in [1.807, 2.05) is 12.1 Å². The lowest BCUT2D eigenvalue weighted by Gasteiger charge is -2.35. The predicted octanol–water partition coefficient (Wildman–Crippen LogP) is 2.98. The number of amides is 1. The summed E-state index contributed by atoms with van der Waals surface area (Å²) in [4.78, 5) is 17.0. The van der Waals surface area contributed by atoms with E-state index >= 15 is 0 Å². The van der Waals surface area contributed by atoms with Gasteiger partial charge in [-0.05, 0) is 42.9 Å². The average molecular weight is 360 g/mol. The summed E-state index contributed by atoms with van der Waals surface area (Å²) in [5.41, 5.74) is 2.58. The molecule has 1 aliphatic heterocycles. The van der Waals surface area contributed by atoms with E-state index < -0.39 is 0 Å². The lowest BCUT2D eigenvalue weighted by molar-refractivity contribution is -0.115. The zero-order valence-corrected chi connectivity index (χ0v) is 15.0. The fourth-order valence-corrected chi connectivity index (χ4v) is 3.10. The van der Waals surface area contributed by atoms with Crippen LogP contribution in [-0.4, -0.2) is 49.1 Å². The van der Waals surface area contributed by atoms with Crippen LogP contribution in [0.4, 0.5) is 11.4 Å². The highest BCUT2D eigenvalue weighted by Gasteiger charge is 2.18. The molecule has 132 valence electrons. The smallest absolute Gasteiger partial charge is 0.228 e. The third kappa shape index (κ3) is 4.65. The standard InChI is InChI=1S/C19H22ClN3O2/c1-22-8-10-23(11-9-22)18-7-4-15(20)13-17(18)21-19(25)12-14-2-5-16(24)6-3-14/h2-7,13,24H,8-12H2,1H3,(H,21,25). The monoisotopic (exact) mass is 359 g/mol. The molecule has 0 aliphatic carbocycles. The van der Waals surface area contributed by atoms with Gasteiger partial charge in [0.25, 0.3) is 0 Å². The number of halogens is 1. The number of carbonyl (C=O) groups is 1. The van der Waals surface area contributed by atoms with E-state index in [0.29, 0.717) is 5.02 Å². The van der Waals surface area contributed by atoms with Crippen molar-refractivity contribution in [2.24, 2.45) is 0 Å². The van der Waals surface area contributed by atoms with Crippen LogP contribution < -0.4 is 10.2 Å². The van der Waals surface area contributed by atoms with E-state index in [-0.39, 0.29) is 18.1 Å². The lowest BCUT2D eigenvalue weighted by Crippen LogP contribution is -2.44. The first-order valence-corrected chi connectivity index (χ1v) is 8.70. The molecule has 6 heteroatoms. The van der Waals surface area contributed by atoms with Crippen LogP contribution in [0.2, 0.25) is 5.02 Å². The highest BCUT2D eigenvalue weighted by Crippen LogP contribution is 2.30. The van der Waals surface area contributed by atoms with E-state index in [4.69, 9.17) is 11.6 Å². The molecule has 1 amide bonds. The molecule has 0 unspecified atom stereocenters. The van der Waals surface area contributed by atoms with E-state index in [1.165, 1.54) is 0 Å². The van der Waals surface area contributed by atoms with Gasteiger partial charge in [0.2, 0.25) is 5.91 Å². The molecule has 2 N–H and O–H groups in total. The molecular weight excluding hydrogens is 338 g/mol. The minimum atomic E-state index is -0.108. The van der Waals surface area contributed by atoms with Crippen molar-refractivity contribution in [1.29, 1.82) is 0 Å². The number of hydrogen-bond acceptors (Lipinski definition) is 4. The molecule has 0 aromatic heterocycles. The van der Waals surface area contributed by atoms with Crippen molar-refractivity contribution in [2.75, 3.05) is 43.4 Å². The maximum atomic E-state index is 12.4. The van der Waals surface area contributed by atoms with Gasteiger partial charge in [-0.1, -0.05) is 23.7 Å². The van der Waals surface area contributed by atoms with Gasteiger partial charge in [0.05, 0.1) is 17.8 Å². The summed E-state index contributed by atoms with van der Waals surface area (Å²) in [7, 11) is 2.11. The molecule has 0 bridgehead atoms. The third-order valence-corrected chi connectivity index (χ3v) is 4.61. The molecule has 1 saturated heterocycles. The number of benzene rings is 2. The molecule has 0 saturated carbocycles. The Morgan fingerprint density at radius 3 is 2.48 bits per heavy atom. The van der Waals surface area contributed by atoms with Crippen LogP contribution in [0.3, 0.4) is 0 Å². The highest BCUT2D eigenvalue weighted by molar-refractivity contribution is 6.31. The van der Waals surface area contributed by atoms with Crippen molar-refractivity contribution >= 4 is 28.9 Å². The van der Waals surface area contributed by atoms with Gasteiger partial charge >= 0.3 is 0 Å². The van der Waals surface area contributed by atoms with Crippen molar-refractivity contribution in [3.63, 3.8) is 0 Å². The summed E-state index contributed by atoms with van der Waals surface area (Å²) >= 11 is 6.13. The maximum Gasteiger partial charge on any atom is 0.228 e. The van der Waals surface area contributed by atoms with Gasteiger partial charge in [-0.15, -0.1) is 0 Å². The van der Waals surface area contributed by atoms with Crippen molar-refractivity contribution < 1.29 is 9.90 Å². The fourth-order valence-electron chi connectivity index (χ4n) is 2.93. The maximum absolute atomic E-state index is 12.4. The second kappa shape index (κ2) is 7.76. The zero-order valence-electron chi connectivity index (χ0n) is 14.2. The first-order valence-electron chi connectivity index (χ1n) is 8.32. The number of carbonyl (C=O) groups excluding carboxylic acids is 1. The molecule has 3 rings (SSSR count). The molecule has 1 fully saturated rings. The summed E-state index contributed by atoms with van der Waals surface area (Å²) in [5.74, 6) is 0.0830. The number of aromatic hydroxyl groups is 1. The second-order valence-electron chi connectivity index (χ2n) is 6.34. The van der Waals surface area contributed by atoms with E-state index in [1.54, 1.807) is 30.3 Å². The van der Waals surface area contributed by atoms with Gasteiger partial charge in [0.15, 0.2) is 0 Å². The van der Waals surface area contributed by atoms with Crippen LogP contribution >= 0.6 is 11.6 Å². The Hall–Kier alpha value is -2.24. The normalized spacial score (nSPS) is 15.2. The highest BCUT2D eigenvalue weighted by atomic mass is 35.5. The van der Waals surface area contributed by atoms with Crippen LogP contribution in [0.1, 0.15) is 5.56 Å². The third-order valence-electron chi connectivity index (χ3n) is 4.38. The average Bonchev–Trinajstić information content (AvgIpc) is 2.58. The number of nitrogens with one attached hydrogen (secondary N) is 1. The molecule has 1 heterocycles. The number of phenols is 1. The van der Waals surface area contributed by atoms with Gasteiger partial charge in [0, 0.05) is 31.2 Å². The summed E-state index contributed by atoms with van der Waals surface area (Å²) in [6.45, 7) is 3.81. The van der Waals surface area contributed by atoms with Crippen molar-refractivity contribution in [1.82, 2.24) is 4.90 Å². The first kappa shape index (κ1) is 17.6. The Labute approximate surface area is 152 Å². The Morgan fingerprint density at radius 2 is 1.80 bits per heavy atom. The first-order chi connectivity index (χ1) is 12.0. The Bertz CT molecular complexity index is 741. The number of anilines is 2. The number of piperazine rings is 1. The molecule has 2 aromatic carbocycles. The van der Waals surface area contributed by atoms with Gasteiger partial charge < -0.3 is 20.2 Å². The van der Waals surface area contributed by atoms with Crippen LogP contribution in [0.15, 0.2) is 42.5 Å². The quantitative estimate of drug-likeness (QED) is 0.881. The lowest BCUT2D eigenvalue weighted by atomic mass is 10.1. The molecule has 25 heavy (non-hydrogen) atoms. The van der Waals surface area contributed by atoms with Crippen LogP contribution in [0.5, 0.6) is 5.75 Å². The zero-order chi connectivity index (χ0) is 17.8. The Balaban J connectivity index is 1.73. The van der Waals surface area contributed by atoms with Crippen LogP contribution in [0.25, 0.3) is 0 Å². The topological polar surface area (TPSA) is 55.8 Å². The number of likely N-dealkylation sites (N-methyl/N-ethyl adjacent to an activating group) is 1. The molecule has 0 radical (unpaired) electrons. The predicted molar refractivity (Wildman–Crippen MR) is 102 cm³/mol. The minimum absolute atomic E-state index is 0.108. The Morgan fingerprint density at radius 1 is 1.12 bits per heavy atom. The van der Waals surface area contributed by atoms with Crippen LogP contribution in [0, 0.1) is 0 Å². The molecule has 2 aromatic rings. The van der Waals surface area contributed by atoms with Gasteiger partial charge in [-0.3, -0.25) is 4.79 Å². The van der Waals surface area contributed by atoms with Gasteiger partial charge in [0.1, 0.15) is 5.75 Å². The van der Waals surface area contributed by atoms with Crippen molar-refractivity contribution in [3.05, 3.63) is 53.1 Å². The molecular formula is C19H22ClN3O2. The fraction of sp³-hybridized carbons (Fsp3) is 0.316. The van der Waals surface area contributed by atoms with E-state index in [9.17, 15) is 9.90 Å². The summed E-state index contributed by atoms with van der Waals surface area (Å²) < 4.78 is 0. The largest absolute Gasteiger partial charge is 0.508 e. The van der Waals surface area contributed by atoms with E-state index in [0.717, 1.165) is 43.1 Å². The van der Waals surface area contributed by atoms with Crippen molar-refractivity contribution in [2.45, 2.75) is 6.42 Å². The molecule has 0 atom stereocenters. The van der Waals surface area contributed by atoms with Crippen molar-refractivity contribution in [3.8, 4) is 5.75 Å². The SMILES string of the molecule is CN1CCN(c2ccc(Cl)cc2NC(=O)Cc2ccc(O)cc2)CC1. The minimum Gasteiger partial charge on any atom is -0.508 e. The number of phenolic OH excluding ortho intramolecular Hbond substituents is 1. The Kier molecular flexibility index (Phi) is 5.46. The number of nitrogens with zero attached hydrogens (tertiary/aromatic N) is 2. The summed E-state index contributed by atoms with van der Waals surface area (Å²) in [5, 5.41) is 12.9. The molecule has 1 aliphatic rings.